The van der Waals surface area contributed by atoms with Crippen molar-refractivity contribution in [2.45, 2.75) is 122 Å². The highest BCUT2D eigenvalue weighted by molar-refractivity contribution is 5.20. The lowest BCUT2D eigenvalue weighted by atomic mass is 10.0. The van der Waals surface area contributed by atoms with Crippen LogP contribution in [0.3, 0.4) is 0 Å². The van der Waals surface area contributed by atoms with E-state index in [1.807, 2.05) is 0 Å². The molecule has 1 heterocycles. The molecule has 0 aliphatic carbocycles. The van der Waals surface area contributed by atoms with E-state index in [1.54, 1.807) is 0 Å². The fourth-order valence-corrected chi connectivity index (χ4v) is 4.44. The molecule has 0 amide bonds. The van der Waals surface area contributed by atoms with Crippen LogP contribution < -0.4 is 0 Å². The van der Waals surface area contributed by atoms with Crippen LogP contribution in [-0.2, 0) is 0 Å². The number of aliphatic hydroxyl groups excluding tert-OH is 1. The normalized spacial score (nSPS) is 20.8. The predicted octanol–water partition coefficient (Wildman–Crippen LogP) is 7.27. The van der Waals surface area contributed by atoms with E-state index < -0.39 is 0 Å². The summed E-state index contributed by atoms with van der Waals surface area (Å²) in [5.74, 6) is 0. The second-order valence-corrected chi connectivity index (χ2v) is 8.95. The third-order valence-corrected chi connectivity index (χ3v) is 6.52. The molecule has 2 nitrogen and oxygen atoms in total. The van der Waals surface area contributed by atoms with Gasteiger partial charge in [0.15, 0.2) is 0 Å². The van der Waals surface area contributed by atoms with Crippen molar-refractivity contribution in [3.8, 4) is 0 Å². The molecule has 0 saturated carbocycles. The van der Waals surface area contributed by atoms with Crippen LogP contribution in [0.25, 0.3) is 0 Å². The van der Waals surface area contributed by atoms with Gasteiger partial charge in [0.2, 0.25) is 0 Å². The number of hydrogen-bond donors (Lipinski definition) is 1. The molecule has 2 rings (SSSR count). The van der Waals surface area contributed by atoms with E-state index >= 15 is 0 Å². The predicted molar refractivity (Wildman–Crippen MR) is 122 cm³/mol. The fraction of sp³-hybridized carbons (Fsp3) is 0.769. The van der Waals surface area contributed by atoms with Gasteiger partial charge < -0.3 is 5.11 Å². The molecule has 2 heteroatoms. The molecule has 0 radical (unpaired) electrons. The molecule has 1 aromatic carbocycles. The molecular weight excluding hydrogens is 342 g/mol. The van der Waals surface area contributed by atoms with E-state index in [2.05, 4.69) is 49.1 Å². The van der Waals surface area contributed by atoms with Crippen LogP contribution in [0.15, 0.2) is 30.3 Å². The zero-order valence-corrected chi connectivity index (χ0v) is 18.6. The van der Waals surface area contributed by atoms with Crippen LogP contribution in [0.1, 0.15) is 115 Å². The Kier molecular flexibility index (Phi) is 11.9. The van der Waals surface area contributed by atoms with Crippen molar-refractivity contribution < 1.29 is 5.11 Å². The average molecular weight is 388 g/mol. The number of nitrogens with zero attached hydrogens (tertiary/aromatic N) is 1. The van der Waals surface area contributed by atoms with Gasteiger partial charge in [-0.25, -0.2) is 0 Å². The Hall–Kier alpha value is -0.860. The van der Waals surface area contributed by atoms with E-state index in [0.717, 1.165) is 13.0 Å². The summed E-state index contributed by atoms with van der Waals surface area (Å²) in [6.07, 6.45) is 18.8. The van der Waals surface area contributed by atoms with Gasteiger partial charge in [-0.3, -0.25) is 4.90 Å². The summed E-state index contributed by atoms with van der Waals surface area (Å²) in [5.41, 5.74) is 1.36. The molecular formula is C26H45NO. The third kappa shape index (κ3) is 9.09. The van der Waals surface area contributed by atoms with Gasteiger partial charge in [0.05, 0.1) is 6.10 Å². The van der Waals surface area contributed by atoms with Crippen LogP contribution in [-0.4, -0.2) is 28.7 Å². The first-order chi connectivity index (χ1) is 13.7. The van der Waals surface area contributed by atoms with Crippen molar-refractivity contribution in [2.24, 2.45) is 0 Å². The van der Waals surface area contributed by atoms with Crippen molar-refractivity contribution in [1.82, 2.24) is 4.90 Å². The number of hydrogen-bond acceptors (Lipinski definition) is 2. The van der Waals surface area contributed by atoms with E-state index in [4.69, 9.17) is 0 Å². The molecule has 1 aliphatic heterocycles. The minimum Gasteiger partial charge on any atom is -0.391 e. The smallest absolute Gasteiger partial charge is 0.0708 e. The standard InChI is InChI=1S/C26H45NO/c1-3-4-5-6-7-8-9-10-11-12-13-14-18-21-26(28)25-22-27(25)23(2)24-19-16-15-17-20-24/h15-17,19-20,23,25-26,28H,3-14,18,21-22H2,1-2H3/t23-,25+,26-,27?/m1/s1. The number of unbranched alkanes of at least 4 members (excludes halogenated alkanes) is 12. The zero-order valence-electron chi connectivity index (χ0n) is 18.6. The Morgan fingerprint density at radius 3 is 1.86 bits per heavy atom. The molecule has 1 aliphatic rings. The van der Waals surface area contributed by atoms with Gasteiger partial charge in [-0.15, -0.1) is 0 Å². The van der Waals surface area contributed by atoms with Gasteiger partial charge in [0.1, 0.15) is 0 Å². The lowest BCUT2D eigenvalue weighted by molar-refractivity contribution is 0.136. The van der Waals surface area contributed by atoms with Gasteiger partial charge in [-0.2, -0.15) is 0 Å². The largest absolute Gasteiger partial charge is 0.391 e. The van der Waals surface area contributed by atoms with E-state index in [1.165, 1.54) is 89.0 Å². The highest BCUT2D eigenvalue weighted by atomic mass is 16.3. The molecule has 28 heavy (non-hydrogen) atoms. The third-order valence-electron chi connectivity index (χ3n) is 6.52. The van der Waals surface area contributed by atoms with Crippen LogP contribution >= 0.6 is 0 Å². The van der Waals surface area contributed by atoms with E-state index in [-0.39, 0.29) is 6.10 Å². The molecule has 1 N–H and O–H groups in total. The highest BCUT2D eigenvalue weighted by Gasteiger charge is 2.42. The Labute approximate surface area is 174 Å². The maximum Gasteiger partial charge on any atom is 0.0708 e. The summed E-state index contributed by atoms with van der Waals surface area (Å²) in [6, 6.07) is 11.5. The van der Waals surface area contributed by atoms with E-state index in [0.29, 0.717) is 12.1 Å². The van der Waals surface area contributed by atoms with Gasteiger partial charge in [-0.1, -0.05) is 121 Å². The Morgan fingerprint density at radius 2 is 1.32 bits per heavy atom. The summed E-state index contributed by atoms with van der Waals surface area (Å²) in [4.78, 5) is 2.43. The quantitative estimate of drug-likeness (QED) is 0.224. The first-order valence-electron chi connectivity index (χ1n) is 12.2. The summed E-state index contributed by atoms with van der Waals surface area (Å²) >= 11 is 0. The summed E-state index contributed by atoms with van der Waals surface area (Å²) in [6.45, 7) is 5.59. The van der Waals surface area contributed by atoms with Crippen molar-refractivity contribution in [1.29, 1.82) is 0 Å². The molecule has 0 aromatic heterocycles. The molecule has 160 valence electrons. The number of benzene rings is 1. The van der Waals surface area contributed by atoms with Crippen molar-refractivity contribution in [3.05, 3.63) is 35.9 Å². The second kappa shape index (κ2) is 14.2. The van der Waals surface area contributed by atoms with Gasteiger partial charge in [0, 0.05) is 18.6 Å². The molecule has 1 unspecified atom stereocenters. The van der Waals surface area contributed by atoms with Crippen molar-refractivity contribution >= 4 is 0 Å². The summed E-state index contributed by atoms with van der Waals surface area (Å²) in [7, 11) is 0. The minimum atomic E-state index is -0.140. The second-order valence-electron chi connectivity index (χ2n) is 8.95. The zero-order chi connectivity index (χ0) is 20.0. The highest BCUT2D eigenvalue weighted by Crippen LogP contribution is 2.34. The molecule has 1 fully saturated rings. The SMILES string of the molecule is CCCCCCCCCCCCCCC[C@@H](O)[C@@H]1CN1[C@H](C)c1ccccc1. The minimum absolute atomic E-state index is 0.140. The maximum absolute atomic E-state index is 10.5. The van der Waals surface area contributed by atoms with Crippen LogP contribution in [0.4, 0.5) is 0 Å². The molecule has 0 bridgehead atoms. The molecule has 1 saturated heterocycles. The fourth-order valence-electron chi connectivity index (χ4n) is 4.44. The lowest BCUT2D eigenvalue weighted by Gasteiger charge is -2.17. The van der Waals surface area contributed by atoms with Crippen molar-refractivity contribution in [3.63, 3.8) is 0 Å². The molecule has 1 aromatic rings. The average Bonchev–Trinajstić information content (AvgIpc) is 3.52. The molecule has 0 spiro atoms. The van der Waals surface area contributed by atoms with Gasteiger partial charge >= 0.3 is 0 Å². The Morgan fingerprint density at radius 1 is 0.821 bits per heavy atom. The van der Waals surface area contributed by atoms with E-state index in [9.17, 15) is 5.11 Å². The Balaban J connectivity index is 1.39. The number of rotatable bonds is 17. The first-order valence-corrected chi connectivity index (χ1v) is 12.2. The molecule has 4 atom stereocenters. The Bertz CT molecular complexity index is 488. The van der Waals surface area contributed by atoms with Crippen LogP contribution in [0.2, 0.25) is 0 Å². The first kappa shape index (κ1) is 23.4. The topological polar surface area (TPSA) is 23.2 Å². The van der Waals surface area contributed by atoms with Gasteiger partial charge in [-0.05, 0) is 18.9 Å². The monoisotopic (exact) mass is 387 g/mol. The summed E-state index contributed by atoms with van der Waals surface area (Å²) in [5, 5.41) is 10.5. The maximum atomic E-state index is 10.5. The number of aliphatic hydroxyl groups is 1. The van der Waals surface area contributed by atoms with Crippen molar-refractivity contribution in [2.75, 3.05) is 6.54 Å². The van der Waals surface area contributed by atoms with Crippen LogP contribution in [0.5, 0.6) is 0 Å². The van der Waals surface area contributed by atoms with Gasteiger partial charge in [0.25, 0.3) is 0 Å². The lowest BCUT2D eigenvalue weighted by Crippen LogP contribution is -2.20. The summed E-state index contributed by atoms with van der Waals surface area (Å²) < 4.78 is 0. The van der Waals surface area contributed by atoms with Crippen LogP contribution in [0, 0.1) is 0 Å².